The largest absolute Gasteiger partial charge is 0.496 e. The summed E-state index contributed by atoms with van der Waals surface area (Å²) < 4.78 is 10.5. The molecule has 0 aliphatic carbocycles. The molecule has 116 valence electrons. The average molecular weight is 309 g/mol. The van der Waals surface area contributed by atoms with Gasteiger partial charge in [0.15, 0.2) is 11.5 Å². The molecule has 0 aliphatic heterocycles. The van der Waals surface area contributed by atoms with Crippen LogP contribution in [0.3, 0.4) is 0 Å². The summed E-state index contributed by atoms with van der Waals surface area (Å²) in [5, 5.41) is 6.60. The number of carbonyl (C=O) groups is 1. The number of benzene rings is 1. The summed E-state index contributed by atoms with van der Waals surface area (Å²) in [6.45, 7) is 0.378. The van der Waals surface area contributed by atoms with Crippen molar-refractivity contribution in [2.24, 2.45) is 0 Å². The van der Waals surface area contributed by atoms with Gasteiger partial charge in [0, 0.05) is 25.0 Å². The van der Waals surface area contributed by atoms with E-state index >= 15 is 0 Å². The van der Waals surface area contributed by atoms with Crippen LogP contribution in [0, 0.1) is 0 Å². The fourth-order valence-electron chi connectivity index (χ4n) is 2.13. The molecular formula is C17H15N3O3. The first-order valence-electron chi connectivity index (χ1n) is 7.05. The zero-order chi connectivity index (χ0) is 16.1. The molecule has 2 heterocycles. The number of nitrogens with one attached hydrogen (secondary N) is 1. The number of nitrogens with zero attached hydrogens (tertiary/aromatic N) is 2. The summed E-state index contributed by atoms with van der Waals surface area (Å²) in [5.41, 5.74) is 1.87. The van der Waals surface area contributed by atoms with E-state index in [9.17, 15) is 4.79 Å². The van der Waals surface area contributed by atoms with Crippen LogP contribution >= 0.6 is 0 Å². The van der Waals surface area contributed by atoms with Gasteiger partial charge in [0.05, 0.1) is 12.7 Å². The van der Waals surface area contributed by atoms with E-state index in [2.05, 4.69) is 15.5 Å². The molecule has 0 unspecified atom stereocenters. The molecule has 0 saturated heterocycles. The minimum atomic E-state index is -0.307. The molecule has 23 heavy (non-hydrogen) atoms. The van der Waals surface area contributed by atoms with E-state index in [0.29, 0.717) is 18.1 Å². The number of rotatable bonds is 5. The Morgan fingerprint density at radius 1 is 1.26 bits per heavy atom. The van der Waals surface area contributed by atoms with Gasteiger partial charge in [-0.3, -0.25) is 9.78 Å². The van der Waals surface area contributed by atoms with Crippen molar-refractivity contribution in [3.8, 4) is 17.1 Å². The normalized spacial score (nSPS) is 10.3. The van der Waals surface area contributed by atoms with Gasteiger partial charge in [-0.05, 0) is 23.8 Å². The maximum atomic E-state index is 12.1. The molecule has 1 aromatic carbocycles. The number of amides is 1. The van der Waals surface area contributed by atoms with Crippen LogP contribution in [0.5, 0.6) is 5.75 Å². The highest BCUT2D eigenvalue weighted by atomic mass is 16.5. The maximum absolute atomic E-state index is 12.1. The minimum absolute atomic E-state index is 0.217. The third-order valence-electron chi connectivity index (χ3n) is 3.29. The molecule has 1 amide bonds. The third kappa shape index (κ3) is 3.37. The highest BCUT2D eigenvalue weighted by Gasteiger charge is 2.15. The Morgan fingerprint density at radius 2 is 2.13 bits per heavy atom. The molecule has 6 heteroatoms. The van der Waals surface area contributed by atoms with Gasteiger partial charge >= 0.3 is 0 Å². The standard InChI is InChI=1S/C17H15N3O3/c1-22-15-7-3-2-6-13(15)16-9-14(20-23-16)17(21)19-11-12-5-4-8-18-10-12/h2-10H,11H2,1H3,(H,19,21). The van der Waals surface area contributed by atoms with E-state index in [0.717, 1.165) is 11.1 Å². The summed E-state index contributed by atoms with van der Waals surface area (Å²) >= 11 is 0. The SMILES string of the molecule is COc1ccccc1-c1cc(C(=O)NCc2cccnc2)no1. The Labute approximate surface area is 133 Å². The van der Waals surface area contributed by atoms with E-state index in [1.807, 2.05) is 36.4 Å². The summed E-state index contributed by atoms with van der Waals surface area (Å²) in [7, 11) is 1.58. The number of hydrogen-bond acceptors (Lipinski definition) is 5. The number of para-hydroxylation sites is 1. The first-order valence-corrected chi connectivity index (χ1v) is 7.05. The molecule has 3 rings (SSSR count). The predicted molar refractivity (Wildman–Crippen MR) is 83.9 cm³/mol. The van der Waals surface area contributed by atoms with Crippen molar-refractivity contribution in [1.29, 1.82) is 0 Å². The molecule has 0 saturated carbocycles. The van der Waals surface area contributed by atoms with Crippen molar-refractivity contribution in [3.63, 3.8) is 0 Å². The van der Waals surface area contributed by atoms with Gasteiger partial charge in [-0.2, -0.15) is 0 Å². The summed E-state index contributed by atoms with van der Waals surface area (Å²) in [6.07, 6.45) is 3.38. The molecule has 0 aliphatic rings. The van der Waals surface area contributed by atoms with Crippen LogP contribution in [-0.4, -0.2) is 23.2 Å². The van der Waals surface area contributed by atoms with Gasteiger partial charge in [0.1, 0.15) is 5.75 Å². The zero-order valence-corrected chi connectivity index (χ0v) is 12.5. The molecular weight excluding hydrogens is 294 g/mol. The van der Waals surface area contributed by atoms with E-state index in [-0.39, 0.29) is 11.6 Å². The second-order valence-electron chi connectivity index (χ2n) is 4.82. The summed E-state index contributed by atoms with van der Waals surface area (Å²) in [6, 6.07) is 12.7. The van der Waals surface area contributed by atoms with Crippen molar-refractivity contribution in [2.75, 3.05) is 7.11 Å². The molecule has 0 atom stereocenters. The van der Waals surface area contributed by atoms with Gasteiger partial charge in [-0.1, -0.05) is 23.4 Å². The number of ether oxygens (including phenoxy) is 1. The molecule has 0 radical (unpaired) electrons. The monoisotopic (exact) mass is 309 g/mol. The second-order valence-corrected chi connectivity index (χ2v) is 4.82. The van der Waals surface area contributed by atoms with Crippen LogP contribution in [0.4, 0.5) is 0 Å². The van der Waals surface area contributed by atoms with E-state index in [4.69, 9.17) is 9.26 Å². The van der Waals surface area contributed by atoms with Crippen molar-refractivity contribution in [2.45, 2.75) is 6.54 Å². The first-order chi connectivity index (χ1) is 11.3. The van der Waals surface area contributed by atoms with Crippen molar-refractivity contribution >= 4 is 5.91 Å². The number of methoxy groups -OCH3 is 1. The molecule has 2 aromatic heterocycles. The highest BCUT2D eigenvalue weighted by molar-refractivity contribution is 5.93. The lowest BCUT2D eigenvalue weighted by atomic mass is 10.1. The number of carbonyl (C=O) groups excluding carboxylic acids is 1. The van der Waals surface area contributed by atoms with Crippen LogP contribution in [0.1, 0.15) is 16.1 Å². The molecule has 1 N–H and O–H groups in total. The van der Waals surface area contributed by atoms with Gasteiger partial charge in [-0.15, -0.1) is 0 Å². The fourth-order valence-corrected chi connectivity index (χ4v) is 2.13. The molecule has 3 aromatic rings. The van der Waals surface area contributed by atoms with Crippen molar-refractivity contribution < 1.29 is 14.1 Å². The molecule has 0 spiro atoms. The van der Waals surface area contributed by atoms with Crippen LogP contribution in [0.15, 0.2) is 59.4 Å². The third-order valence-corrected chi connectivity index (χ3v) is 3.29. The Kier molecular flexibility index (Phi) is 4.33. The molecule has 6 nitrogen and oxygen atoms in total. The predicted octanol–water partition coefficient (Wildman–Crippen LogP) is 2.68. The number of hydrogen-bond donors (Lipinski definition) is 1. The molecule has 0 bridgehead atoms. The quantitative estimate of drug-likeness (QED) is 0.784. The minimum Gasteiger partial charge on any atom is -0.496 e. The lowest BCUT2D eigenvalue weighted by Gasteiger charge is -2.03. The maximum Gasteiger partial charge on any atom is 0.273 e. The number of pyridine rings is 1. The molecule has 0 fully saturated rings. The topological polar surface area (TPSA) is 77.2 Å². The van der Waals surface area contributed by atoms with Crippen LogP contribution in [-0.2, 0) is 6.54 Å². The van der Waals surface area contributed by atoms with Crippen molar-refractivity contribution in [1.82, 2.24) is 15.5 Å². The highest BCUT2D eigenvalue weighted by Crippen LogP contribution is 2.29. The Morgan fingerprint density at radius 3 is 2.91 bits per heavy atom. The lowest BCUT2D eigenvalue weighted by molar-refractivity contribution is 0.0942. The second kappa shape index (κ2) is 6.74. The zero-order valence-electron chi connectivity index (χ0n) is 12.5. The van der Waals surface area contributed by atoms with E-state index in [1.165, 1.54) is 0 Å². The van der Waals surface area contributed by atoms with E-state index in [1.54, 1.807) is 25.6 Å². The number of aromatic nitrogens is 2. The fraction of sp³-hybridized carbons (Fsp3) is 0.118. The van der Waals surface area contributed by atoms with Gasteiger partial charge in [0.25, 0.3) is 5.91 Å². The van der Waals surface area contributed by atoms with Crippen molar-refractivity contribution in [3.05, 3.63) is 66.1 Å². The van der Waals surface area contributed by atoms with Crippen LogP contribution < -0.4 is 10.1 Å². The summed E-state index contributed by atoms with van der Waals surface area (Å²) in [4.78, 5) is 16.1. The van der Waals surface area contributed by atoms with E-state index < -0.39 is 0 Å². The summed E-state index contributed by atoms with van der Waals surface area (Å²) in [5.74, 6) is 0.832. The Hall–Kier alpha value is -3.15. The van der Waals surface area contributed by atoms with Crippen LogP contribution in [0.25, 0.3) is 11.3 Å². The average Bonchev–Trinajstić information content (AvgIpc) is 3.10. The first kappa shape index (κ1) is 14.8. The Balaban J connectivity index is 1.72. The Bertz CT molecular complexity index is 800. The van der Waals surface area contributed by atoms with Gasteiger partial charge in [0.2, 0.25) is 0 Å². The van der Waals surface area contributed by atoms with Gasteiger partial charge in [-0.25, -0.2) is 0 Å². The lowest BCUT2D eigenvalue weighted by Crippen LogP contribution is -2.23. The van der Waals surface area contributed by atoms with Gasteiger partial charge < -0.3 is 14.6 Å². The van der Waals surface area contributed by atoms with Crippen LogP contribution in [0.2, 0.25) is 0 Å². The smallest absolute Gasteiger partial charge is 0.273 e.